The predicted octanol–water partition coefficient (Wildman–Crippen LogP) is 3.84. The van der Waals surface area contributed by atoms with Crippen molar-refractivity contribution in [2.45, 2.75) is 64.5 Å². The van der Waals surface area contributed by atoms with Gasteiger partial charge in [-0.3, -0.25) is 0 Å². The highest BCUT2D eigenvalue weighted by Gasteiger charge is 2.25. The van der Waals surface area contributed by atoms with Gasteiger partial charge in [-0.05, 0) is 49.7 Å². The number of rotatable bonds is 7. The van der Waals surface area contributed by atoms with Crippen LogP contribution in [0.1, 0.15) is 63.1 Å². The third kappa shape index (κ3) is 4.32. The highest BCUT2D eigenvalue weighted by atomic mass is 16.3. The number of hydrogen-bond acceptors (Lipinski definition) is 2. The summed E-state index contributed by atoms with van der Waals surface area (Å²) >= 11 is 0. The van der Waals surface area contributed by atoms with Crippen LogP contribution in [0.2, 0.25) is 0 Å². The lowest BCUT2D eigenvalue weighted by atomic mass is 10.0. The van der Waals surface area contributed by atoms with E-state index < -0.39 is 0 Å². The molecule has 2 heteroatoms. The molecule has 0 bridgehead atoms. The molecule has 0 saturated heterocycles. The fourth-order valence-electron chi connectivity index (χ4n) is 3.06. The van der Waals surface area contributed by atoms with Gasteiger partial charge in [-0.2, -0.15) is 0 Å². The van der Waals surface area contributed by atoms with Crippen LogP contribution in [0.5, 0.6) is 0 Å². The SMILES string of the molecule is CCCCc1ccc(C(C)NCC2CCCC2O)cc1. The van der Waals surface area contributed by atoms with Gasteiger partial charge in [0.25, 0.3) is 0 Å². The first-order valence-corrected chi connectivity index (χ1v) is 8.21. The van der Waals surface area contributed by atoms with Crippen LogP contribution in [-0.4, -0.2) is 17.8 Å². The van der Waals surface area contributed by atoms with Gasteiger partial charge in [0.15, 0.2) is 0 Å². The lowest BCUT2D eigenvalue weighted by Crippen LogP contribution is -2.29. The van der Waals surface area contributed by atoms with Gasteiger partial charge in [-0.15, -0.1) is 0 Å². The van der Waals surface area contributed by atoms with Gasteiger partial charge < -0.3 is 10.4 Å². The van der Waals surface area contributed by atoms with Gasteiger partial charge in [0.05, 0.1) is 6.10 Å². The van der Waals surface area contributed by atoms with Crippen molar-refractivity contribution in [3.05, 3.63) is 35.4 Å². The fourth-order valence-corrected chi connectivity index (χ4v) is 3.06. The highest BCUT2D eigenvalue weighted by Crippen LogP contribution is 2.25. The van der Waals surface area contributed by atoms with Crippen molar-refractivity contribution in [1.82, 2.24) is 5.32 Å². The molecule has 1 fully saturated rings. The van der Waals surface area contributed by atoms with E-state index in [9.17, 15) is 5.11 Å². The molecule has 20 heavy (non-hydrogen) atoms. The predicted molar refractivity (Wildman–Crippen MR) is 84.8 cm³/mol. The second-order valence-corrected chi connectivity index (χ2v) is 6.23. The van der Waals surface area contributed by atoms with Gasteiger partial charge in [0.1, 0.15) is 0 Å². The Morgan fingerprint density at radius 2 is 2.00 bits per heavy atom. The number of aliphatic hydroxyl groups is 1. The van der Waals surface area contributed by atoms with E-state index in [2.05, 4.69) is 43.4 Å². The second kappa shape index (κ2) is 7.80. The number of nitrogens with one attached hydrogen (secondary N) is 1. The van der Waals surface area contributed by atoms with Crippen LogP contribution < -0.4 is 5.32 Å². The van der Waals surface area contributed by atoms with E-state index in [1.165, 1.54) is 36.8 Å². The van der Waals surface area contributed by atoms with E-state index in [1.54, 1.807) is 0 Å². The van der Waals surface area contributed by atoms with Crippen LogP contribution in [0.15, 0.2) is 24.3 Å². The van der Waals surface area contributed by atoms with E-state index in [0.29, 0.717) is 12.0 Å². The molecule has 1 aromatic rings. The van der Waals surface area contributed by atoms with Crippen molar-refractivity contribution >= 4 is 0 Å². The Balaban J connectivity index is 1.81. The maximum atomic E-state index is 9.85. The van der Waals surface area contributed by atoms with Gasteiger partial charge >= 0.3 is 0 Å². The van der Waals surface area contributed by atoms with Crippen LogP contribution >= 0.6 is 0 Å². The zero-order valence-corrected chi connectivity index (χ0v) is 12.9. The summed E-state index contributed by atoms with van der Waals surface area (Å²) in [6, 6.07) is 9.37. The average Bonchev–Trinajstić information content (AvgIpc) is 2.88. The summed E-state index contributed by atoms with van der Waals surface area (Å²) in [7, 11) is 0. The lowest BCUT2D eigenvalue weighted by molar-refractivity contribution is 0.130. The third-order valence-electron chi connectivity index (χ3n) is 4.60. The molecule has 112 valence electrons. The summed E-state index contributed by atoms with van der Waals surface area (Å²) in [5.41, 5.74) is 2.78. The zero-order chi connectivity index (χ0) is 14.4. The number of aryl methyl sites for hydroxylation is 1. The Bertz CT molecular complexity index is 387. The van der Waals surface area contributed by atoms with Crippen LogP contribution in [-0.2, 0) is 6.42 Å². The van der Waals surface area contributed by atoms with E-state index in [4.69, 9.17) is 0 Å². The van der Waals surface area contributed by atoms with Crippen LogP contribution in [0.25, 0.3) is 0 Å². The first-order chi connectivity index (χ1) is 9.70. The molecule has 0 spiro atoms. The number of unbranched alkanes of at least 4 members (excludes halogenated alkanes) is 1. The molecular weight excluding hydrogens is 246 g/mol. The van der Waals surface area contributed by atoms with Gasteiger partial charge in [-0.1, -0.05) is 44.0 Å². The van der Waals surface area contributed by atoms with Gasteiger partial charge in [0.2, 0.25) is 0 Å². The molecule has 3 unspecified atom stereocenters. The van der Waals surface area contributed by atoms with Crippen molar-refractivity contribution in [1.29, 1.82) is 0 Å². The van der Waals surface area contributed by atoms with Crippen molar-refractivity contribution < 1.29 is 5.11 Å². The molecule has 0 aliphatic heterocycles. The van der Waals surface area contributed by atoms with E-state index in [0.717, 1.165) is 19.4 Å². The van der Waals surface area contributed by atoms with E-state index in [1.807, 2.05) is 0 Å². The van der Waals surface area contributed by atoms with E-state index >= 15 is 0 Å². The van der Waals surface area contributed by atoms with E-state index in [-0.39, 0.29) is 6.10 Å². The Kier molecular flexibility index (Phi) is 6.06. The Labute approximate surface area is 123 Å². The molecular formula is C18H29NO. The molecule has 2 N–H and O–H groups in total. The smallest absolute Gasteiger partial charge is 0.0580 e. The standard InChI is InChI=1S/C18H29NO/c1-3-4-6-15-9-11-16(12-10-15)14(2)19-13-17-7-5-8-18(17)20/h9-12,14,17-20H,3-8,13H2,1-2H3. The van der Waals surface area contributed by atoms with Crippen LogP contribution in [0, 0.1) is 5.92 Å². The van der Waals surface area contributed by atoms with Gasteiger partial charge in [0, 0.05) is 12.6 Å². The molecule has 1 aromatic carbocycles. The first-order valence-electron chi connectivity index (χ1n) is 8.21. The first kappa shape index (κ1) is 15.5. The Morgan fingerprint density at radius 1 is 1.25 bits per heavy atom. The second-order valence-electron chi connectivity index (χ2n) is 6.23. The normalized spacial score (nSPS) is 23.9. The summed E-state index contributed by atoms with van der Waals surface area (Å²) in [6.07, 6.45) is 6.94. The monoisotopic (exact) mass is 275 g/mol. The van der Waals surface area contributed by atoms with Gasteiger partial charge in [-0.25, -0.2) is 0 Å². The highest BCUT2D eigenvalue weighted by molar-refractivity contribution is 5.24. The molecule has 1 saturated carbocycles. The molecule has 2 nitrogen and oxygen atoms in total. The molecule has 1 aliphatic carbocycles. The minimum absolute atomic E-state index is 0.0916. The molecule has 0 aromatic heterocycles. The van der Waals surface area contributed by atoms with Crippen LogP contribution in [0.4, 0.5) is 0 Å². The summed E-state index contributed by atoms with van der Waals surface area (Å²) in [6.45, 7) is 5.38. The quantitative estimate of drug-likeness (QED) is 0.792. The zero-order valence-electron chi connectivity index (χ0n) is 12.9. The molecule has 0 amide bonds. The molecule has 0 radical (unpaired) electrons. The molecule has 2 rings (SSSR count). The lowest BCUT2D eigenvalue weighted by Gasteiger charge is -2.20. The largest absolute Gasteiger partial charge is 0.393 e. The average molecular weight is 275 g/mol. The number of aliphatic hydroxyl groups excluding tert-OH is 1. The topological polar surface area (TPSA) is 32.3 Å². The van der Waals surface area contributed by atoms with Crippen molar-refractivity contribution in [3.8, 4) is 0 Å². The van der Waals surface area contributed by atoms with Crippen molar-refractivity contribution in [3.63, 3.8) is 0 Å². The molecule has 1 aliphatic rings. The Morgan fingerprint density at radius 3 is 2.60 bits per heavy atom. The maximum absolute atomic E-state index is 9.85. The third-order valence-corrected chi connectivity index (χ3v) is 4.60. The van der Waals surface area contributed by atoms with Crippen molar-refractivity contribution in [2.75, 3.05) is 6.54 Å². The minimum atomic E-state index is -0.0916. The minimum Gasteiger partial charge on any atom is -0.393 e. The number of benzene rings is 1. The number of hydrogen-bond donors (Lipinski definition) is 2. The molecule has 0 heterocycles. The summed E-state index contributed by atoms with van der Waals surface area (Å²) in [5.74, 6) is 0.446. The van der Waals surface area contributed by atoms with Crippen LogP contribution in [0.3, 0.4) is 0 Å². The summed E-state index contributed by atoms with van der Waals surface area (Å²) in [5, 5.41) is 13.4. The summed E-state index contributed by atoms with van der Waals surface area (Å²) < 4.78 is 0. The van der Waals surface area contributed by atoms with Crippen molar-refractivity contribution in [2.24, 2.45) is 5.92 Å². The summed E-state index contributed by atoms with van der Waals surface area (Å²) in [4.78, 5) is 0. The Hall–Kier alpha value is -0.860. The maximum Gasteiger partial charge on any atom is 0.0580 e. The molecule has 3 atom stereocenters. The fraction of sp³-hybridized carbons (Fsp3) is 0.667.